The van der Waals surface area contributed by atoms with Crippen molar-refractivity contribution in [1.82, 2.24) is 9.62 Å². The van der Waals surface area contributed by atoms with E-state index in [-0.39, 0.29) is 18.3 Å². The van der Waals surface area contributed by atoms with Crippen LogP contribution in [0.1, 0.15) is 17.4 Å². The zero-order valence-corrected chi connectivity index (χ0v) is 21.0. The Balaban J connectivity index is 1.34. The lowest BCUT2D eigenvalue weighted by atomic mass is 10.1. The number of piperazine rings is 1. The first-order valence-corrected chi connectivity index (χ1v) is 13.4. The quantitative estimate of drug-likeness (QED) is 0.433. The van der Waals surface area contributed by atoms with Gasteiger partial charge < -0.3 is 18.8 Å². The molecule has 0 saturated carbocycles. The lowest BCUT2D eigenvalue weighted by Crippen LogP contribution is -2.50. The van der Waals surface area contributed by atoms with E-state index in [0.29, 0.717) is 6.42 Å². The molecule has 188 valence electrons. The van der Waals surface area contributed by atoms with E-state index >= 15 is 0 Å². The van der Waals surface area contributed by atoms with Crippen molar-refractivity contribution in [2.45, 2.75) is 12.5 Å². The second-order valence-corrected chi connectivity index (χ2v) is 10.4. The lowest BCUT2D eigenvalue weighted by Gasteiger charge is -2.39. The fraction of sp³-hybridized carbons (Fsp3) is 0.385. The van der Waals surface area contributed by atoms with Crippen LogP contribution in [0.25, 0.3) is 0 Å². The van der Waals surface area contributed by atoms with Gasteiger partial charge in [-0.1, -0.05) is 12.1 Å². The van der Waals surface area contributed by atoms with Gasteiger partial charge in [0.1, 0.15) is 17.3 Å². The summed E-state index contributed by atoms with van der Waals surface area (Å²) in [5.41, 5.74) is 2.10. The van der Waals surface area contributed by atoms with Gasteiger partial charge in [-0.15, -0.1) is 0 Å². The molecular formula is C26H33N3O5S. The van der Waals surface area contributed by atoms with E-state index in [1.807, 2.05) is 48.5 Å². The third-order valence-corrected chi connectivity index (χ3v) is 7.73. The molecule has 1 aliphatic rings. The zero-order valence-electron chi connectivity index (χ0n) is 20.2. The summed E-state index contributed by atoms with van der Waals surface area (Å²) in [4.78, 5) is 4.61. The number of benzene rings is 2. The molecule has 4 rings (SSSR count). The Morgan fingerprint density at radius 3 is 2.11 bits per heavy atom. The highest BCUT2D eigenvalue weighted by molar-refractivity contribution is 7.89. The van der Waals surface area contributed by atoms with Crippen LogP contribution in [0, 0.1) is 0 Å². The maximum atomic E-state index is 12.8. The molecule has 0 radical (unpaired) electrons. The summed E-state index contributed by atoms with van der Waals surface area (Å²) < 4.78 is 44.5. The number of nitrogens with one attached hydrogen (secondary N) is 1. The zero-order chi connectivity index (χ0) is 24.7. The molecule has 1 atom stereocenters. The summed E-state index contributed by atoms with van der Waals surface area (Å²) in [6, 6.07) is 19.1. The average Bonchev–Trinajstić information content (AvgIpc) is 3.43. The molecule has 2 heterocycles. The predicted molar refractivity (Wildman–Crippen MR) is 137 cm³/mol. The smallest absolute Gasteiger partial charge is 0.211 e. The normalized spacial score (nSPS) is 15.7. The van der Waals surface area contributed by atoms with Gasteiger partial charge >= 0.3 is 0 Å². The first-order chi connectivity index (χ1) is 17.0. The predicted octanol–water partition coefficient (Wildman–Crippen LogP) is 3.32. The van der Waals surface area contributed by atoms with E-state index in [1.54, 1.807) is 20.5 Å². The van der Waals surface area contributed by atoms with Crippen molar-refractivity contribution in [2.75, 3.05) is 57.6 Å². The molecule has 2 aromatic carbocycles. The highest BCUT2D eigenvalue weighted by atomic mass is 32.2. The second-order valence-electron chi connectivity index (χ2n) is 8.52. The van der Waals surface area contributed by atoms with Crippen LogP contribution in [0.3, 0.4) is 0 Å². The van der Waals surface area contributed by atoms with E-state index in [2.05, 4.69) is 26.7 Å². The average molecular weight is 500 g/mol. The van der Waals surface area contributed by atoms with Crippen molar-refractivity contribution in [3.8, 4) is 11.5 Å². The van der Waals surface area contributed by atoms with E-state index in [0.717, 1.165) is 54.7 Å². The van der Waals surface area contributed by atoms with Crippen LogP contribution in [0.15, 0.2) is 71.3 Å². The molecule has 1 N–H and O–H groups in total. The molecule has 3 aromatic rings. The number of hydrogen-bond acceptors (Lipinski definition) is 7. The van der Waals surface area contributed by atoms with Gasteiger partial charge in [-0.25, -0.2) is 13.1 Å². The summed E-state index contributed by atoms with van der Waals surface area (Å²) in [6.45, 7) is 3.54. The van der Waals surface area contributed by atoms with E-state index in [9.17, 15) is 8.42 Å². The van der Waals surface area contributed by atoms with Crippen molar-refractivity contribution in [3.05, 3.63) is 78.3 Å². The Bertz CT molecular complexity index is 1140. The van der Waals surface area contributed by atoms with Gasteiger partial charge in [-0.2, -0.15) is 0 Å². The number of aryl methyl sites for hydroxylation is 1. The molecule has 1 saturated heterocycles. The number of nitrogens with zero attached hydrogens (tertiary/aromatic N) is 2. The Kier molecular flexibility index (Phi) is 8.33. The van der Waals surface area contributed by atoms with Gasteiger partial charge in [0.25, 0.3) is 0 Å². The van der Waals surface area contributed by atoms with Crippen molar-refractivity contribution in [2.24, 2.45) is 0 Å². The van der Waals surface area contributed by atoms with E-state index in [4.69, 9.17) is 13.9 Å². The van der Waals surface area contributed by atoms with Crippen molar-refractivity contribution in [1.29, 1.82) is 0 Å². The highest BCUT2D eigenvalue weighted by Gasteiger charge is 2.28. The fourth-order valence-electron chi connectivity index (χ4n) is 4.30. The Hall–Kier alpha value is -3.01. The molecule has 9 heteroatoms. The largest absolute Gasteiger partial charge is 0.497 e. The Labute approximate surface area is 207 Å². The molecule has 1 fully saturated rings. The lowest BCUT2D eigenvalue weighted by molar-refractivity contribution is 0.166. The number of rotatable bonds is 11. The summed E-state index contributed by atoms with van der Waals surface area (Å²) in [6.07, 6.45) is 2.07. The van der Waals surface area contributed by atoms with Crippen LogP contribution in [-0.4, -0.2) is 66.0 Å². The third-order valence-electron chi connectivity index (χ3n) is 6.38. The van der Waals surface area contributed by atoms with Crippen molar-refractivity contribution >= 4 is 15.7 Å². The first kappa shape index (κ1) is 25.1. The molecule has 1 unspecified atom stereocenters. The van der Waals surface area contributed by atoms with Crippen LogP contribution >= 0.6 is 0 Å². The first-order valence-electron chi connectivity index (χ1n) is 11.7. The highest BCUT2D eigenvalue weighted by Crippen LogP contribution is 2.26. The van der Waals surface area contributed by atoms with Crippen LogP contribution in [-0.2, 0) is 16.4 Å². The Morgan fingerprint density at radius 2 is 1.54 bits per heavy atom. The number of methoxy groups -OCH3 is 2. The maximum absolute atomic E-state index is 12.8. The van der Waals surface area contributed by atoms with Crippen molar-refractivity contribution in [3.63, 3.8) is 0 Å². The summed E-state index contributed by atoms with van der Waals surface area (Å²) in [5, 5.41) is 0. The van der Waals surface area contributed by atoms with Crippen LogP contribution in [0.5, 0.6) is 11.5 Å². The van der Waals surface area contributed by atoms with Crippen molar-refractivity contribution < 1.29 is 22.3 Å². The molecule has 0 amide bonds. The molecule has 8 nitrogen and oxygen atoms in total. The number of hydrogen-bond donors (Lipinski definition) is 1. The van der Waals surface area contributed by atoms with E-state index in [1.165, 1.54) is 0 Å². The molecule has 0 aliphatic carbocycles. The van der Waals surface area contributed by atoms with Crippen LogP contribution < -0.4 is 19.1 Å². The fourth-order valence-corrected chi connectivity index (χ4v) is 5.36. The standard InChI is InChI=1S/C26H33N3O5S/c1-32-23-9-5-21(6-10-23)13-19-35(30,31)27-20-25(26-4-3-18-34-26)29-16-14-28(15-17-29)22-7-11-24(33-2)12-8-22/h3-12,18,25,27H,13-17,19-20H2,1-2H3. The van der Waals surface area contributed by atoms with Crippen LogP contribution in [0.2, 0.25) is 0 Å². The summed E-state index contributed by atoms with van der Waals surface area (Å²) in [5.74, 6) is 2.38. The number of furan rings is 1. The van der Waals surface area contributed by atoms with Gasteiger partial charge in [0.2, 0.25) is 10.0 Å². The molecular weight excluding hydrogens is 466 g/mol. The second kappa shape index (κ2) is 11.6. The van der Waals surface area contributed by atoms with Gasteiger partial charge in [-0.3, -0.25) is 4.90 Å². The van der Waals surface area contributed by atoms with Crippen LogP contribution in [0.4, 0.5) is 5.69 Å². The minimum Gasteiger partial charge on any atom is -0.497 e. The number of sulfonamides is 1. The topological polar surface area (TPSA) is 84.2 Å². The monoisotopic (exact) mass is 499 g/mol. The van der Waals surface area contributed by atoms with Gasteiger partial charge in [-0.05, 0) is 60.5 Å². The maximum Gasteiger partial charge on any atom is 0.211 e. The number of ether oxygens (including phenoxy) is 2. The molecule has 1 aliphatic heterocycles. The van der Waals surface area contributed by atoms with E-state index < -0.39 is 10.0 Å². The molecule has 0 bridgehead atoms. The Morgan fingerprint density at radius 1 is 0.914 bits per heavy atom. The third kappa shape index (κ3) is 6.78. The molecule has 1 aromatic heterocycles. The summed E-state index contributed by atoms with van der Waals surface area (Å²) >= 11 is 0. The SMILES string of the molecule is COc1ccc(CCS(=O)(=O)NCC(c2ccco2)N2CCN(c3ccc(OC)cc3)CC2)cc1. The van der Waals surface area contributed by atoms with Gasteiger partial charge in [0, 0.05) is 38.4 Å². The number of anilines is 1. The van der Waals surface area contributed by atoms with Gasteiger partial charge in [0.15, 0.2) is 0 Å². The minimum absolute atomic E-state index is 0.0233. The van der Waals surface area contributed by atoms with Gasteiger partial charge in [0.05, 0.1) is 32.3 Å². The molecule has 35 heavy (non-hydrogen) atoms. The molecule has 0 spiro atoms. The summed E-state index contributed by atoms with van der Waals surface area (Å²) in [7, 11) is -0.181. The minimum atomic E-state index is -3.45.